The van der Waals surface area contributed by atoms with Crippen LogP contribution < -0.4 is 15.5 Å². The van der Waals surface area contributed by atoms with E-state index in [1.807, 2.05) is 54.6 Å². The van der Waals surface area contributed by atoms with E-state index in [4.69, 9.17) is 9.94 Å². The van der Waals surface area contributed by atoms with Crippen LogP contribution in [0.15, 0.2) is 54.6 Å². The third kappa shape index (κ3) is 6.75. The van der Waals surface area contributed by atoms with E-state index in [0.717, 1.165) is 29.7 Å². The molecule has 0 aliphatic heterocycles. The van der Waals surface area contributed by atoms with Crippen LogP contribution in [0.4, 0.5) is 0 Å². The number of unbranched alkanes of at least 4 members (excludes halogenated alkanes) is 1. The van der Waals surface area contributed by atoms with Crippen LogP contribution in [-0.4, -0.2) is 30.7 Å². The van der Waals surface area contributed by atoms with Gasteiger partial charge in [-0.25, -0.2) is 5.48 Å². The molecule has 0 heterocycles. The number of hydrogen-bond acceptors (Lipinski definition) is 4. The van der Waals surface area contributed by atoms with E-state index < -0.39 is 11.8 Å². The molecule has 0 aromatic heterocycles. The number of hydrogen-bond donors (Lipinski definition) is 3. The van der Waals surface area contributed by atoms with Crippen molar-refractivity contribution in [3.8, 4) is 5.75 Å². The molecule has 1 unspecified atom stereocenters. The highest BCUT2D eigenvalue weighted by Gasteiger charge is 2.19. The number of rotatable bonds is 10. The molecular weight excluding hydrogens is 344 g/mol. The fraction of sp³-hybridized carbons (Fsp3) is 0.333. The quantitative estimate of drug-likeness (QED) is 0.341. The third-order valence-corrected chi connectivity index (χ3v) is 4.39. The Kier molecular flexibility index (Phi) is 8.32. The van der Waals surface area contributed by atoms with Crippen molar-refractivity contribution in [1.29, 1.82) is 0 Å². The first-order chi connectivity index (χ1) is 13.1. The summed E-state index contributed by atoms with van der Waals surface area (Å²) in [5.41, 5.74) is 3.54. The highest BCUT2D eigenvalue weighted by Crippen LogP contribution is 2.22. The smallest absolute Gasteiger partial charge is 0.250 e. The van der Waals surface area contributed by atoms with Crippen LogP contribution >= 0.6 is 0 Å². The van der Waals surface area contributed by atoms with E-state index in [-0.39, 0.29) is 5.91 Å². The Bertz CT molecular complexity index is 717. The summed E-state index contributed by atoms with van der Waals surface area (Å²) >= 11 is 0. The van der Waals surface area contributed by atoms with Gasteiger partial charge >= 0.3 is 0 Å². The predicted molar refractivity (Wildman–Crippen MR) is 103 cm³/mol. The molecule has 0 saturated heterocycles. The molecule has 0 saturated carbocycles. The predicted octanol–water partition coefficient (Wildman–Crippen LogP) is 2.81. The summed E-state index contributed by atoms with van der Waals surface area (Å²) in [6.45, 7) is 0.553. The minimum atomic E-state index is -0.412. The summed E-state index contributed by atoms with van der Waals surface area (Å²) in [6.07, 6.45) is 2.44. The molecule has 2 amide bonds. The maximum atomic E-state index is 12.0. The lowest BCUT2D eigenvalue weighted by Crippen LogP contribution is -2.27. The second-order valence-corrected chi connectivity index (χ2v) is 6.31. The SMILES string of the molecule is COc1ccc(CC(=O)NCCCCC(C(=O)NO)c2ccccc2)cc1. The molecule has 0 aliphatic rings. The molecule has 1 atom stereocenters. The van der Waals surface area contributed by atoms with E-state index in [1.54, 1.807) is 12.6 Å². The maximum Gasteiger partial charge on any atom is 0.250 e. The lowest BCUT2D eigenvalue weighted by atomic mass is 9.93. The zero-order valence-corrected chi connectivity index (χ0v) is 15.5. The Labute approximate surface area is 159 Å². The number of carbonyl (C=O) groups excluding carboxylic acids is 2. The maximum absolute atomic E-state index is 12.0. The zero-order valence-electron chi connectivity index (χ0n) is 15.5. The third-order valence-electron chi connectivity index (χ3n) is 4.39. The second kappa shape index (κ2) is 11.0. The van der Waals surface area contributed by atoms with Crippen LogP contribution in [-0.2, 0) is 16.0 Å². The van der Waals surface area contributed by atoms with Gasteiger partial charge < -0.3 is 10.1 Å². The average Bonchev–Trinajstić information content (AvgIpc) is 2.71. The number of hydroxylamine groups is 1. The van der Waals surface area contributed by atoms with Crippen molar-refractivity contribution in [3.63, 3.8) is 0 Å². The summed E-state index contributed by atoms with van der Waals surface area (Å²) in [6, 6.07) is 16.8. The number of benzene rings is 2. The Morgan fingerprint density at radius 3 is 2.37 bits per heavy atom. The Hall–Kier alpha value is -2.86. The van der Waals surface area contributed by atoms with Gasteiger partial charge in [-0.15, -0.1) is 0 Å². The Morgan fingerprint density at radius 1 is 1.04 bits per heavy atom. The lowest BCUT2D eigenvalue weighted by molar-refractivity contribution is -0.131. The Balaban J connectivity index is 1.71. The van der Waals surface area contributed by atoms with E-state index in [1.165, 1.54) is 0 Å². The van der Waals surface area contributed by atoms with Crippen molar-refractivity contribution in [2.75, 3.05) is 13.7 Å². The summed E-state index contributed by atoms with van der Waals surface area (Å²) in [5.74, 6) is -0.0807. The molecule has 6 nitrogen and oxygen atoms in total. The molecular formula is C21H26N2O4. The van der Waals surface area contributed by atoms with Crippen molar-refractivity contribution in [2.24, 2.45) is 0 Å². The Morgan fingerprint density at radius 2 is 1.74 bits per heavy atom. The fourth-order valence-corrected chi connectivity index (χ4v) is 2.90. The molecule has 6 heteroatoms. The van der Waals surface area contributed by atoms with E-state index in [2.05, 4.69) is 5.32 Å². The van der Waals surface area contributed by atoms with Crippen LogP contribution in [0.1, 0.15) is 36.3 Å². The van der Waals surface area contributed by atoms with Crippen molar-refractivity contribution in [3.05, 3.63) is 65.7 Å². The standard InChI is InChI=1S/C21H26N2O4/c1-27-18-12-10-16(11-13-18)15-20(24)22-14-6-5-9-19(21(25)23-26)17-7-3-2-4-8-17/h2-4,7-8,10-13,19,26H,5-6,9,14-15H2,1H3,(H,22,24)(H,23,25). The first-order valence-corrected chi connectivity index (χ1v) is 9.02. The highest BCUT2D eigenvalue weighted by atomic mass is 16.5. The molecule has 144 valence electrons. The van der Waals surface area contributed by atoms with Gasteiger partial charge in [0, 0.05) is 6.54 Å². The van der Waals surface area contributed by atoms with Crippen LogP contribution in [0.2, 0.25) is 0 Å². The molecule has 0 aliphatic carbocycles. The minimum Gasteiger partial charge on any atom is -0.497 e. The summed E-state index contributed by atoms with van der Waals surface area (Å²) in [7, 11) is 1.61. The normalized spacial score (nSPS) is 11.5. The monoisotopic (exact) mass is 370 g/mol. The minimum absolute atomic E-state index is 0.0344. The van der Waals surface area contributed by atoms with Crippen molar-refractivity contribution in [2.45, 2.75) is 31.6 Å². The van der Waals surface area contributed by atoms with E-state index >= 15 is 0 Å². The number of carbonyl (C=O) groups is 2. The average molecular weight is 370 g/mol. The molecule has 3 N–H and O–H groups in total. The van der Waals surface area contributed by atoms with Gasteiger partial charge in [-0.1, -0.05) is 48.9 Å². The van der Waals surface area contributed by atoms with Crippen LogP contribution in [0, 0.1) is 0 Å². The van der Waals surface area contributed by atoms with Gasteiger partial charge in [-0.3, -0.25) is 14.8 Å². The van der Waals surface area contributed by atoms with Gasteiger partial charge in [0.25, 0.3) is 5.91 Å². The fourth-order valence-electron chi connectivity index (χ4n) is 2.90. The molecule has 2 aromatic rings. The first kappa shape index (κ1) is 20.5. The van der Waals surface area contributed by atoms with Crippen LogP contribution in [0.5, 0.6) is 5.75 Å². The number of nitrogens with one attached hydrogen (secondary N) is 2. The first-order valence-electron chi connectivity index (χ1n) is 9.02. The van der Waals surface area contributed by atoms with Gasteiger partial charge in [0.05, 0.1) is 19.4 Å². The van der Waals surface area contributed by atoms with Crippen molar-refractivity contribution < 1.29 is 19.5 Å². The van der Waals surface area contributed by atoms with Gasteiger partial charge in [-0.2, -0.15) is 0 Å². The summed E-state index contributed by atoms with van der Waals surface area (Å²) in [5, 5.41) is 11.8. The second-order valence-electron chi connectivity index (χ2n) is 6.31. The van der Waals surface area contributed by atoms with Gasteiger partial charge in [-0.05, 0) is 36.1 Å². The topological polar surface area (TPSA) is 87.7 Å². The molecule has 0 radical (unpaired) electrons. The van der Waals surface area contributed by atoms with Gasteiger partial charge in [0.15, 0.2) is 0 Å². The summed E-state index contributed by atoms with van der Waals surface area (Å²) in [4.78, 5) is 23.9. The van der Waals surface area contributed by atoms with Gasteiger partial charge in [0.1, 0.15) is 5.75 Å². The molecule has 27 heavy (non-hydrogen) atoms. The number of methoxy groups -OCH3 is 1. The van der Waals surface area contributed by atoms with Gasteiger partial charge in [0.2, 0.25) is 5.91 Å². The largest absolute Gasteiger partial charge is 0.497 e. The van der Waals surface area contributed by atoms with E-state index in [9.17, 15) is 9.59 Å². The molecule has 0 fully saturated rings. The highest BCUT2D eigenvalue weighted by molar-refractivity contribution is 5.82. The molecule has 0 bridgehead atoms. The number of amides is 2. The summed E-state index contributed by atoms with van der Waals surface area (Å²) < 4.78 is 5.10. The number of ether oxygens (including phenoxy) is 1. The zero-order chi connectivity index (χ0) is 19.5. The molecule has 2 rings (SSSR count). The molecule has 0 spiro atoms. The lowest BCUT2D eigenvalue weighted by Gasteiger charge is -2.15. The van der Waals surface area contributed by atoms with Crippen LogP contribution in [0.25, 0.3) is 0 Å². The van der Waals surface area contributed by atoms with Crippen LogP contribution in [0.3, 0.4) is 0 Å². The van der Waals surface area contributed by atoms with Crippen molar-refractivity contribution >= 4 is 11.8 Å². The molecule has 2 aromatic carbocycles. The van der Waals surface area contributed by atoms with Crippen molar-refractivity contribution in [1.82, 2.24) is 10.8 Å². The van der Waals surface area contributed by atoms with E-state index in [0.29, 0.717) is 19.4 Å².